The Morgan fingerprint density at radius 3 is 2.29 bits per heavy atom. The van der Waals surface area contributed by atoms with Gasteiger partial charge in [-0.25, -0.2) is 4.98 Å². The van der Waals surface area contributed by atoms with Gasteiger partial charge in [0.2, 0.25) is 5.91 Å². The van der Waals surface area contributed by atoms with E-state index in [0.29, 0.717) is 11.5 Å². The fraction of sp³-hybridized carbons (Fsp3) is 0.250. The number of nitrogens with one attached hydrogen (secondary N) is 1. The van der Waals surface area contributed by atoms with Crippen LogP contribution in [-0.2, 0) is 10.2 Å². The second-order valence-corrected chi connectivity index (χ2v) is 5.42. The number of carbonyl (C=O) groups excluding carboxylic acids is 1. The lowest BCUT2D eigenvalue weighted by Gasteiger charge is -2.24. The quantitative estimate of drug-likeness (QED) is 0.914. The van der Waals surface area contributed by atoms with Crippen LogP contribution in [0.25, 0.3) is 0 Å². The highest BCUT2D eigenvalue weighted by Gasteiger charge is 2.29. The third kappa shape index (κ3) is 3.95. The summed E-state index contributed by atoms with van der Waals surface area (Å²) >= 11 is 0. The Labute approximate surface area is 131 Å². The number of aromatic nitrogens is 1. The molecule has 0 radical (unpaired) electrons. The number of carbonyl (C=O) groups is 1. The van der Waals surface area contributed by atoms with Crippen molar-refractivity contribution < 1.29 is 4.79 Å². The summed E-state index contributed by atoms with van der Waals surface area (Å²) in [5, 5.41) is 2.87. The standard InChI is InChI=1S/C16H19N3O.ClH/c1-11-4-6-12(7-5-11)16(2,3)15(20)19-13-8-9-14(17)18-10-13;/h4-10H,1-3H3,(H2,17,18)(H,19,20);1H. The van der Waals surface area contributed by atoms with E-state index in [1.807, 2.05) is 45.0 Å². The van der Waals surface area contributed by atoms with E-state index in [9.17, 15) is 4.79 Å². The van der Waals surface area contributed by atoms with E-state index in [1.54, 1.807) is 18.3 Å². The number of pyridine rings is 1. The molecule has 0 aliphatic carbocycles. The molecule has 0 saturated carbocycles. The second-order valence-electron chi connectivity index (χ2n) is 5.42. The van der Waals surface area contributed by atoms with Gasteiger partial charge in [-0.05, 0) is 38.5 Å². The summed E-state index contributed by atoms with van der Waals surface area (Å²) < 4.78 is 0. The van der Waals surface area contributed by atoms with Gasteiger partial charge < -0.3 is 11.1 Å². The number of nitrogens with zero attached hydrogens (tertiary/aromatic N) is 1. The van der Waals surface area contributed by atoms with Gasteiger partial charge in [-0.1, -0.05) is 29.8 Å². The van der Waals surface area contributed by atoms with E-state index in [-0.39, 0.29) is 18.3 Å². The van der Waals surface area contributed by atoms with Crippen molar-refractivity contribution in [3.05, 3.63) is 53.7 Å². The molecule has 5 heteroatoms. The zero-order valence-electron chi connectivity index (χ0n) is 12.4. The molecule has 1 aromatic carbocycles. The van der Waals surface area contributed by atoms with Crippen LogP contribution < -0.4 is 11.1 Å². The third-order valence-corrected chi connectivity index (χ3v) is 3.39. The van der Waals surface area contributed by atoms with Crippen molar-refractivity contribution in [3.63, 3.8) is 0 Å². The Morgan fingerprint density at radius 2 is 1.76 bits per heavy atom. The number of anilines is 2. The van der Waals surface area contributed by atoms with Crippen molar-refractivity contribution in [2.75, 3.05) is 11.1 Å². The van der Waals surface area contributed by atoms with Crippen LogP contribution in [0.2, 0.25) is 0 Å². The van der Waals surface area contributed by atoms with Gasteiger partial charge in [-0.2, -0.15) is 0 Å². The SMILES string of the molecule is Cc1ccc(C(C)(C)C(=O)Nc2ccc(N)nc2)cc1.Cl. The minimum atomic E-state index is -0.616. The number of amides is 1. The Hall–Kier alpha value is -2.07. The maximum absolute atomic E-state index is 12.4. The molecule has 0 bridgehead atoms. The summed E-state index contributed by atoms with van der Waals surface area (Å²) in [4.78, 5) is 16.4. The van der Waals surface area contributed by atoms with Gasteiger partial charge in [-0.3, -0.25) is 4.79 Å². The van der Waals surface area contributed by atoms with Crippen molar-refractivity contribution in [1.82, 2.24) is 4.98 Å². The minimum absolute atomic E-state index is 0. The van der Waals surface area contributed by atoms with Crippen LogP contribution in [0.4, 0.5) is 11.5 Å². The zero-order chi connectivity index (χ0) is 14.8. The molecule has 0 spiro atoms. The van der Waals surface area contributed by atoms with E-state index in [4.69, 9.17) is 5.73 Å². The molecular formula is C16H20ClN3O. The molecule has 2 aromatic rings. The number of nitrogen functional groups attached to an aromatic ring is 1. The van der Waals surface area contributed by atoms with Gasteiger partial charge in [0, 0.05) is 0 Å². The highest BCUT2D eigenvalue weighted by Crippen LogP contribution is 2.25. The lowest BCUT2D eigenvalue weighted by Crippen LogP contribution is -2.34. The molecule has 112 valence electrons. The van der Waals surface area contributed by atoms with Gasteiger partial charge in [0.25, 0.3) is 0 Å². The molecule has 1 heterocycles. The smallest absolute Gasteiger partial charge is 0.234 e. The van der Waals surface area contributed by atoms with Gasteiger partial charge in [0.15, 0.2) is 0 Å². The molecule has 0 fully saturated rings. The number of nitrogens with two attached hydrogens (primary N) is 1. The molecule has 0 saturated heterocycles. The van der Waals surface area contributed by atoms with Crippen molar-refractivity contribution in [1.29, 1.82) is 0 Å². The van der Waals surface area contributed by atoms with Crippen LogP contribution in [0, 0.1) is 6.92 Å². The van der Waals surface area contributed by atoms with Crippen molar-refractivity contribution in [3.8, 4) is 0 Å². The normalized spacial score (nSPS) is 10.6. The Morgan fingerprint density at radius 1 is 1.14 bits per heavy atom. The van der Waals surface area contributed by atoms with E-state index in [2.05, 4.69) is 10.3 Å². The molecule has 0 unspecified atom stereocenters. The number of hydrogen-bond donors (Lipinski definition) is 2. The highest BCUT2D eigenvalue weighted by molar-refractivity contribution is 5.98. The van der Waals surface area contributed by atoms with Crippen LogP contribution in [-0.4, -0.2) is 10.9 Å². The summed E-state index contributed by atoms with van der Waals surface area (Å²) in [7, 11) is 0. The first kappa shape index (κ1) is 17.0. The summed E-state index contributed by atoms with van der Waals surface area (Å²) in [5.41, 5.74) is 7.70. The number of aryl methyl sites for hydroxylation is 1. The molecule has 1 aromatic heterocycles. The molecule has 21 heavy (non-hydrogen) atoms. The van der Waals surface area contributed by atoms with Gasteiger partial charge >= 0.3 is 0 Å². The molecule has 0 aliphatic rings. The predicted octanol–water partition coefficient (Wildman–Crippen LogP) is 3.31. The third-order valence-electron chi connectivity index (χ3n) is 3.39. The van der Waals surface area contributed by atoms with Crippen LogP contribution in [0.1, 0.15) is 25.0 Å². The van der Waals surface area contributed by atoms with Gasteiger partial charge in [0.1, 0.15) is 5.82 Å². The van der Waals surface area contributed by atoms with E-state index in [1.165, 1.54) is 5.56 Å². The number of hydrogen-bond acceptors (Lipinski definition) is 3. The van der Waals surface area contributed by atoms with Crippen LogP contribution in [0.5, 0.6) is 0 Å². The second kappa shape index (κ2) is 6.59. The first-order valence-corrected chi connectivity index (χ1v) is 6.50. The van der Waals surface area contributed by atoms with Crippen molar-refractivity contribution >= 4 is 29.8 Å². The number of halogens is 1. The number of rotatable bonds is 3. The van der Waals surface area contributed by atoms with Gasteiger partial charge in [0.05, 0.1) is 17.3 Å². The summed E-state index contributed by atoms with van der Waals surface area (Å²) in [5.74, 6) is 0.355. The molecule has 0 atom stereocenters. The minimum Gasteiger partial charge on any atom is -0.384 e. The molecule has 2 rings (SSSR count). The van der Waals surface area contributed by atoms with Gasteiger partial charge in [-0.15, -0.1) is 12.4 Å². The Kier molecular flexibility index (Phi) is 5.33. The fourth-order valence-electron chi connectivity index (χ4n) is 1.87. The first-order chi connectivity index (χ1) is 9.39. The van der Waals surface area contributed by atoms with Crippen molar-refractivity contribution in [2.24, 2.45) is 0 Å². The maximum Gasteiger partial charge on any atom is 0.234 e. The topological polar surface area (TPSA) is 68.0 Å². The van der Waals surface area contributed by atoms with E-state index < -0.39 is 5.41 Å². The summed E-state index contributed by atoms with van der Waals surface area (Å²) in [6.07, 6.45) is 1.55. The summed E-state index contributed by atoms with van der Waals surface area (Å²) in [6.45, 7) is 5.83. The van der Waals surface area contributed by atoms with Crippen LogP contribution in [0.3, 0.4) is 0 Å². The number of benzene rings is 1. The lowest BCUT2D eigenvalue weighted by atomic mass is 9.83. The van der Waals surface area contributed by atoms with Crippen molar-refractivity contribution in [2.45, 2.75) is 26.2 Å². The lowest BCUT2D eigenvalue weighted by molar-refractivity contribution is -0.120. The maximum atomic E-state index is 12.4. The molecule has 1 amide bonds. The van der Waals surface area contributed by atoms with Crippen LogP contribution >= 0.6 is 12.4 Å². The monoisotopic (exact) mass is 305 g/mol. The largest absolute Gasteiger partial charge is 0.384 e. The Balaban J connectivity index is 0.00000220. The first-order valence-electron chi connectivity index (χ1n) is 6.50. The fourth-order valence-corrected chi connectivity index (χ4v) is 1.87. The summed E-state index contributed by atoms with van der Waals surface area (Å²) in [6, 6.07) is 11.4. The molecule has 4 nitrogen and oxygen atoms in total. The van der Waals surface area contributed by atoms with E-state index in [0.717, 1.165) is 5.56 Å². The molecular weight excluding hydrogens is 286 g/mol. The van der Waals surface area contributed by atoms with E-state index >= 15 is 0 Å². The highest BCUT2D eigenvalue weighted by atomic mass is 35.5. The zero-order valence-corrected chi connectivity index (χ0v) is 13.2. The average molecular weight is 306 g/mol. The molecule has 0 aliphatic heterocycles. The Bertz CT molecular complexity index is 606. The predicted molar refractivity (Wildman–Crippen MR) is 88.7 cm³/mol. The average Bonchev–Trinajstić information content (AvgIpc) is 2.42. The molecule has 3 N–H and O–H groups in total. The van der Waals surface area contributed by atoms with Crippen LogP contribution in [0.15, 0.2) is 42.6 Å².